The molecule has 0 radical (unpaired) electrons. The van der Waals surface area contributed by atoms with Crippen molar-refractivity contribution in [2.45, 2.75) is 85.7 Å². The molecule has 0 bridgehead atoms. The van der Waals surface area contributed by atoms with E-state index in [4.69, 9.17) is 19.0 Å². The van der Waals surface area contributed by atoms with Crippen molar-refractivity contribution in [3.05, 3.63) is 47.8 Å². The lowest BCUT2D eigenvalue weighted by Crippen LogP contribution is -2.43. The second-order valence-electron chi connectivity index (χ2n) is 13.3. The highest BCUT2D eigenvalue weighted by molar-refractivity contribution is 7.79. The van der Waals surface area contributed by atoms with Crippen molar-refractivity contribution in [1.82, 2.24) is 9.55 Å². The number of aromatic nitrogens is 2. The van der Waals surface area contributed by atoms with Gasteiger partial charge in [0.2, 0.25) is 0 Å². The van der Waals surface area contributed by atoms with Crippen LogP contribution in [-0.4, -0.2) is 59.8 Å². The van der Waals surface area contributed by atoms with E-state index < -0.39 is 19.4 Å². The quantitative estimate of drug-likeness (QED) is 0.113. The largest absolute Gasteiger partial charge is 0.416 e. The lowest BCUT2D eigenvalue weighted by Gasteiger charge is -2.39. The summed E-state index contributed by atoms with van der Waals surface area (Å²) in [5, 5.41) is 2.93. The third kappa shape index (κ3) is 7.70. The third-order valence-corrected chi connectivity index (χ3v) is 13.6. The van der Waals surface area contributed by atoms with Gasteiger partial charge in [0.05, 0.1) is 42.6 Å². The molecule has 1 aromatic carbocycles. The summed E-state index contributed by atoms with van der Waals surface area (Å²) in [6.07, 6.45) is 2.43. The number of anilines is 1. The van der Waals surface area contributed by atoms with Crippen LogP contribution in [0.3, 0.4) is 0 Å². The first-order valence-electron chi connectivity index (χ1n) is 14.7. The van der Waals surface area contributed by atoms with Gasteiger partial charge < -0.3 is 18.3 Å². The summed E-state index contributed by atoms with van der Waals surface area (Å²) in [4.78, 5) is 10.4. The Morgan fingerprint density at radius 1 is 1.14 bits per heavy atom. The molecule has 1 N–H and O–H groups in total. The molecule has 2 heterocycles. The summed E-state index contributed by atoms with van der Waals surface area (Å²) < 4.78 is 35.7. The van der Waals surface area contributed by atoms with E-state index in [2.05, 4.69) is 77.4 Å². The Morgan fingerprint density at radius 3 is 2.40 bits per heavy atom. The van der Waals surface area contributed by atoms with E-state index in [1.54, 1.807) is 19.3 Å². The maximum atomic E-state index is 11.4. The van der Waals surface area contributed by atoms with Gasteiger partial charge in [-0.1, -0.05) is 34.6 Å². The van der Waals surface area contributed by atoms with E-state index in [1.165, 1.54) is 5.56 Å². The summed E-state index contributed by atoms with van der Waals surface area (Å²) in [6.45, 7) is 21.9. The molecule has 0 saturated heterocycles. The van der Waals surface area contributed by atoms with Gasteiger partial charge in [-0.25, -0.2) is 4.21 Å². The van der Waals surface area contributed by atoms with Gasteiger partial charge in [-0.3, -0.25) is 14.9 Å². The maximum Gasteiger partial charge on any atom is 0.192 e. The van der Waals surface area contributed by atoms with Gasteiger partial charge in [-0.15, -0.1) is 0 Å². The number of fused-ring (bicyclic) bond motifs is 1. The standard InChI is InChI=1S/C32H51N3O5SSi/c1-12-34-28-16-15-24(35(39-9)18-19-41(36)37)20-26(28)27(21-32(6,7)22-40-42(10,11)31(3,4)5)30(34)25-14-13-17-33-29(25)23(2)38-8/h13-17,20,23H,12,18-19,21-22H2,1-11H3,(H,36,37)/t23-/m0/s1. The van der Waals surface area contributed by atoms with Crippen LogP contribution in [-0.2, 0) is 38.0 Å². The summed E-state index contributed by atoms with van der Waals surface area (Å²) in [5.41, 5.74) is 6.11. The van der Waals surface area contributed by atoms with E-state index >= 15 is 0 Å². The van der Waals surface area contributed by atoms with Crippen LogP contribution in [0.4, 0.5) is 5.69 Å². The molecular weight excluding hydrogens is 567 g/mol. The zero-order valence-corrected chi connectivity index (χ0v) is 29.2. The van der Waals surface area contributed by atoms with Crippen molar-refractivity contribution in [1.29, 1.82) is 0 Å². The Hall–Kier alpha value is -2.08. The molecule has 42 heavy (non-hydrogen) atoms. The van der Waals surface area contributed by atoms with Crippen molar-refractivity contribution in [2.24, 2.45) is 5.41 Å². The van der Waals surface area contributed by atoms with E-state index in [0.717, 1.165) is 46.5 Å². The highest BCUT2D eigenvalue weighted by Crippen LogP contribution is 2.43. The van der Waals surface area contributed by atoms with Crippen LogP contribution in [0.15, 0.2) is 36.5 Å². The first-order valence-corrected chi connectivity index (χ1v) is 18.9. The number of aryl methyl sites for hydroxylation is 1. The number of nitrogens with zero attached hydrogens (tertiary/aromatic N) is 3. The minimum Gasteiger partial charge on any atom is -0.416 e. The second-order valence-corrected chi connectivity index (χ2v) is 19.1. The van der Waals surface area contributed by atoms with Crippen molar-refractivity contribution < 1.29 is 22.8 Å². The van der Waals surface area contributed by atoms with Crippen molar-refractivity contribution in [2.75, 3.05) is 38.2 Å². The van der Waals surface area contributed by atoms with Crippen molar-refractivity contribution in [3.8, 4) is 11.3 Å². The molecule has 0 aliphatic rings. The number of methoxy groups -OCH3 is 1. The van der Waals surface area contributed by atoms with Crippen LogP contribution in [0.2, 0.25) is 18.1 Å². The molecule has 10 heteroatoms. The second kappa shape index (κ2) is 13.7. The average Bonchev–Trinajstić information content (AvgIpc) is 3.23. The molecule has 0 aliphatic heterocycles. The Labute approximate surface area is 256 Å². The van der Waals surface area contributed by atoms with Gasteiger partial charge in [0.1, 0.15) is 0 Å². The highest BCUT2D eigenvalue weighted by Gasteiger charge is 2.39. The van der Waals surface area contributed by atoms with Crippen LogP contribution in [0.1, 0.15) is 65.8 Å². The normalized spacial score (nSPS) is 14.4. The number of pyridine rings is 1. The number of hydroxylamine groups is 1. The molecule has 8 nitrogen and oxygen atoms in total. The molecule has 2 atom stereocenters. The SMILES string of the molecule is CCn1c(-c2cccnc2[C@H](C)OC)c(CC(C)(C)CO[Si](C)(C)C(C)(C)C)c2cc(N(CCS(=O)O)OC)ccc21. The van der Waals surface area contributed by atoms with Crippen LogP contribution in [0.5, 0.6) is 0 Å². The number of benzene rings is 1. The summed E-state index contributed by atoms with van der Waals surface area (Å²) in [7, 11) is 1.36. The predicted molar refractivity (Wildman–Crippen MR) is 177 cm³/mol. The minimum absolute atomic E-state index is 0.0890. The maximum absolute atomic E-state index is 11.4. The number of rotatable bonds is 14. The fourth-order valence-electron chi connectivity index (χ4n) is 5.04. The molecule has 234 valence electrons. The lowest BCUT2D eigenvalue weighted by atomic mass is 9.84. The molecular formula is C32H51N3O5SSi. The topological polar surface area (TPSA) is 86.1 Å². The Kier molecular flexibility index (Phi) is 11.2. The van der Waals surface area contributed by atoms with Crippen molar-refractivity contribution in [3.63, 3.8) is 0 Å². The van der Waals surface area contributed by atoms with Crippen LogP contribution in [0.25, 0.3) is 22.2 Å². The summed E-state index contributed by atoms with van der Waals surface area (Å²) in [6, 6.07) is 10.4. The van der Waals surface area contributed by atoms with Gasteiger partial charge in [-0.2, -0.15) is 0 Å². The van der Waals surface area contributed by atoms with Crippen LogP contribution >= 0.6 is 0 Å². The van der Waals surface area contributed by atoms with Gasteiger partial charge in [0.25, 0.3) is 0 Å². The van der Waals surface area contributed by atoms with E-state index in [1.807, 2.05) is 25.3 Å². The highest BCUT2D eigenvalue weighted by atomic mass is 32.2. The molecule has 0 aliphatic carbocycles. The van der Waals surface area contributed by atoms with Gasteiger partial charge in [0, 0.05) is 42.9 Å². The molecule has 0 fully saturated rings. The molecule has 3 aromatic rings. The van der Waals surface area contributed by atoms with E-state index in [0.29, 0.717) is 13.2 Å². The molecule has 3 rings (SSSR count). The summed E-state index contributed by atoms with van der Waals surface area (Å²) >= 11 is -1.91. The molecule has 1 unspecified atom stereocenters. The molecule has 0 amide bonds. The first-order chi connectivity index (χ1) is 19.6. The predicted octanol–water partition coefficient (Wildman–Crippen LogP) is 7.61. The first kappa shape index (κ1) is 34.4. The average molecular weight is 618 g/mol. The number of hydrogen-bond donors (Lipinski definition) is 1. The Balaban J connectivity index is 2.25. The zero-order chi connectivity index (χ0) is 31.5. The monoisotopic (exact) mass is 617 g/mol. The van der Waals surface area contributed by atoms with E-state index in [9.17, 15) is 8.76 Å². The third-order valence-electron chi connectivity index (χ3n) is 8.56. The van der Waals surface area contributed by atoms with Crippen molar-refractivity contribution >= 4 is 36.0 Å². The smallest absolute Gasteiger partial charge is 0.192 e. The van der Waals surface area contributed by atoms with Gasteiger partial charge in [-0.05, 0) is 79.7 Å². The lowest BCUT2D eigenvalue weighted by molar-refractivity contribution is 0.116. The van der Waals surface area contributed by atoms with Gasteiger partial charge in [0.15, 0.2) is 19.4 Å². The Morgan fingerprint density at radius 2 is 1.83 bits per heavy atom. The van der Waals surface area contributed by atoms with Crippen LogP contribution < -0.4 is 5.06 Å². The minimum atomic E-state index is -1.94. The van der Waals surface area contributed by atoms with E-state index in [-0.39, 0.29) is 22.3 Å². The summed E-state index contributed by atoms with van der Waals surface area (Å²) in [5.74, 6) is 0.0890. The fourth-order valence-corrected chi connectivity index (χ4v) is 6.55. The fraction of sp³-hybridized carbons (Fsp3) is 0.594. The molecule has 2 aromatic heterocycles. The zero-order valence-electron chi connectivity index (χ0n) is 27.4. The number of ether oxygens (including phenoxy) is 1. The van der Waals surface area contributed by atoms with Gasteiger partial charge >= 0.3 is 0 Å². The van der Waals surface area contributed by atoms with Crippen LogP contribution in [0, 0.1) is 5.41 Å². The Bertz CT molecular complexity index is 1380. The molecule has 0 saturated carbocycles. The molecule has 0 spiro atoms. The number of hydrogen-bond acceptors (Lipinski definition) is 6.